The van der Waals surface area contributed by atoms with E-state index in [1.807, 2.05) is 0 Å². The highest BCUT2D eigenvalue weighted by atomic mass is 16.5. The Balaban J connectivity index is 1.51. The number of carboxylic acids is 1. The molecule has 2 aromatic carbocycles. The molecule has 0 aromatic heterocycles. The van der Waals surface area contributed by atoms with Crippen LogP contribution in [-0.4, -0.2) is 23.1 Å². The van der Waals surface area contributed by atoms with Crippen molar-refractivity contribution < 1.29 is 19.4 Å². The Bertz CT molecular complexity index is 951. The van der Waals surface area contributed by atoms with Crippen LogP contribution in [0.2, 0.25) is 0 Å². The van der Waals surface area contributed by atoms with E-state index in [1.165, 1.54) is 6.07 Å². The Morgan fingerprint density at radius 3 is 2.52 bits per heavy atom. The second-order valence-electron chi connectivity index (χ2n) is 7.06. The third kappa shape index (κ3) is 2.91. The van der Waals surface area contributed by atoms with Crippen molar-refractivity contribution in [2.75, 3.05) is 5.32 Å². The number of nitrogens with one attached hydrogen (secondary N) is 1. The van der Waals surface area contributed by atoms with E-state index >= 15 is 0 Å². The van der Waals surface area contributed by atoms with Crippen molar-refractivity contribution in [1.29, 1.82) is 5.26 Å². The Kier molecular flexibility index (Phi) is 4.08. The van der Waals surface area contributed by atoms with Crippen molar-refractivity contribution in [2.24, 2.45) is 0 Å². The number of fused-ring (bicyclic) bond motifs is 2. The van der Waals surface area contributed by atoms with E-state index in [9.17, 15) is 14.7 Å². The second kappa shape index (κ2) is 6.44. The molecule has 2 N–H and O–H groups in total. The van der Waals surface area contributed by atoms with Crippen molar-refractivity contribution in [2.45, 2.75) is 37.2 Å². The van der Waals surface area contributed by atoms with Crippen LogP contribution in [0.5, 0.6) is 5.75 Å². The van der Waals surface area contributed by atoms with Crippen LogP contribution in [0.3, 0.4) is 0 Å². The van der Waals surface area contributed by atoms with Gasteiger partial charge in [-0.25, -0.2) is 4.79 Å². The molecule has 1 amide bonds. The number of carbonyl (C=O) groups is 2. The van der Waals surface area contributed by atoms with Gasteiger partial charge in [-0.1, -0.05) is 0 Å². The summed E-state index contributed by atoms with van der Waals surface area (Å²) >= 11 is 0. The summed E-state index contributed by atoms with van der Waals surface area (Å²) in [5.74, 6) is -0.346. The van der Waals surface area contributed by atoms with Crippen LogP contribution < -0.4 is 10.1 Å². The molecule has 0 atom stereocenters. The number of nitrogens with zero attached hydrogens (tertiary/aromatic N) is 1. The van der Waals surface area contributed by atoms with Gasteiger partial charge < -0.3 is 15.2 Å². The van der Waals surface area contributed by atoms with Gasteiger partial charge in [0.15, 0.2) is 0 Å². The highest BCUT2D eigenvalue weighted by Crippen LogP contribution is 2.48. The first kappa shape index (κ1) is 17.1. The number of ether oxygens (including phenoxy) is 1. The Morgan fingerprint density at radius 2 is 1.89 bits per heavy atom. The zero-order valence-corrected chi connectivity index (χ0v) is 14.6. The first-order valence-corrected chi connectivity index (χ1v) is 8.88. The van der Waals surface area contributed by atoms with Gasteiger partial charge in [0.25, 0.3) is 0 Å². The zero-order chi connectivity index (χ0) is 19.0. The molecule has 0 radical (unpaired) electrons. The molecular formula is C21H18N2O4. The van der Waals surface area contributed by atoms with Gasteiger partial charge in [0, 0.05) is 5.69 Å². The summed E-state index contributed by atoms with van der Waals surface area (Å²) in [7, 11) is 0. The van der Waals surface area contributed by atoms with Crippen LogP contribution in [0.25, 0.3) is 0 Å². The van der Waals surface area contributed by atoms with Crippen LogP contribution in [0.1, 0.15) is 47.2 Å². The molecule has 1 fully saturated rings. The zero-order valence-electron chi connectivity index (χ0n) is 14.6. The number of rotatable bonds is 3. The average molecular weight is 362 g/mol. The fourth-order valence-corrected chi connectivity index (χ4v) is 4.05. The lowest BCUT2D eigenvalue weighted by Crippen LogP contribution is -2.40. The maximum absolute atomic E-state index is 12.7. The van der Waals surface area contributed by atoms with Crippen LogP contribution >= 0.6 is 0 Å². The number of hydrogen-bond acceptors (Lipinski definition) is 4. The first-order valence-electron chi connectivity index (χ1n) is 8.88. The predicted octanol–water partition coefficient (Wildman–Crippen LogP) is 3.47. The van der Waals surface area contributed by atoms with Crippen LogP contribution in [-0.2, 0) is 10.2 Å². The van der Waals surface area contributed by atoms with Gasteiger partial charge in [0.1, 0.15) is 5.75 Å². The summed E-state index contributed by atoms with van der Waals surface area (Å²) in [5, 5.41) is 21.0. The smallest absolute Gasteiger partial charge is 0.335 e. The lowest BCUT2D eigenvalue weighted by Gasteiger charge is -2.35. The third-order valence-corrected chi connectivity index (χ3v) is 5.54. The van der Waals surface area contributed by atoms with Crippen molar-refractivity contribution in [3.05, 3.63) is 59.2 Å². The Morgan fingerprint density at radius 1 is 1.19 bits per heavy atom. The van der Waals surface area contributed by atoms with Gasteiger partial charge in [-0.15, -0.1) is 0 Å². The molecule has 6 heteroatoms. The summed E-state index contributed by atoms with van der Waals surface area (Å²) in [6, 6.07) is 13.9. The number of aromatic carboxylic acids is 1. The number of hydrogen-bond donors (Lipinski definition) is 2. The molecule has 1 aliphatic carbocycles. The first-order chi connectivity index (χ1) is 13.0. The molecule has 4 rings (SSSR count). The fraction of sp³-hybridized carbons (Fsp3) is 0.286. The number of benzene rings is 2. The van der Waals surface area contributed by atoms with Crippen LogP contribution in [0.15, 0.2) is 42.5 Å². The van der Waals surface area contributed by atoms with E-state index in [4.69, 9.17) is 10.00 Å². The number of carboxylic acid groups (broad SMARTS) is 1. The molecule has 2 aliphatic rings. The van der Waals surface area contributed by atoms with Crippen molar-refractivity contribution >= 4 is 17.6 Å². The SMILES string of the molecule is N#Cc1ccc(O[C@H]2CC[C@@]3(CC2)C(=O)Nc2ccc(C(=O)O)cc23)cc1. The summed E-state index contributed by atoms with van der Waals surface area (Å²) in [5.41, 5.74) is 1.59. The molecule has 6 nitrogen and oxygen atoms in total. The fourth-order valence-electron chi connectivity index (χ4n) is 4.05. The molecule has 1 saturated carbocycles. The van der Waals surface area contributed by atoms with E-state index < -0.39 is 11.4 Å². The van der Waals surface area contributed by atoms with E-state index in [0.29, 0.717) is 42.7 Å². The van der Waals surface area contributed by atoms with Gasteiger partial charge >= 0.3 is 5.97 Å². The molecule has 0 saturated heterocycles. The van der Waals surface area contributed by atoms with E-state index in [1.54, 1.807) is 36.4 Å². The average Bonchev–Trinajstić information content (AvgIpc) is 2.95. The van der Waals surface area contributed by atoms with Gasteiger partial charge in [-0.3, -0.25) is 4.79 Å². The lowest BCUT2D eigenvalue weighted by molar-refractivity contribution is -0.122. The number of anilines is 1. The standard InChI is InChI=1S/C21H18N2O4/c22-12-13-1-4-15(5-2-13)27-16-7-9-21(10-8-16)17-11-14(19(24)25)3-6-18(17)23-20(21)26/h1-6,11,16H,7-10H2,(H,23,26)(H,24,25)/t16-,21-. The van der Waals surface area contributed by atoms with E-state index in [2.05, 4.69) is 11.4 Å². The molecule has 1 aliphatic heterocycles. The molecule has 0 bridgehead atoms. The van der Waals surface area contributed by atoms with Crippen LogP contribution in [0.4, 0.5) is 5.69 Å². The molecule has 2 aromatic rings. The number of nitriles is 1. The summed E-state index contributed by atoms with van der Waals surface area (Å²) < 4.78 is 6.01. The van der Waals surface area contributed by atoms with Gasteiger partial charge in [-0.2, -0.15) is 5.26 Å². The molecule has 136 valence electrons. The predicted molar refractivity (Wildman–Crippen MR) is 97.8 cm³/mol. The van der Waals surface area contributed by atoms with Crippen LogP contribution in [0, 0.1) is 11.3 Å². The Labute approximate surface area is 156 Å². The normalized spacial score (nSPS) is 23.4. The van der Waals surface area contributed by atoms with Crippen molar-refractivity contribution in [3.8, 4) is 11.8 Å². The minimum absolute atomic E-state index is 0.0110. The maximum atomic E-state index is 12.7. The molecule has 1 spiro atoms. The van der Waals surface area contributed by atoms with Gasteiger partial charge in [0.05, 0.1) is 28.7 Å². The summed E-state index contributed by atoms with van der Waals surface area (Å²) in [6.07, 6.45) is 2.60. The largest absolute Gasteiger partial charge is 0.490 e. The highest BCUT2D eigenvalue weighted by molar-refractivity contribution is 6.07. The molecule has 27 heavy (non-hydrogen) atoms. The molecule has 0 unspecified atom stereocenters. The number of carbonyl (C=O) groups excluding carboxylic acids is 1. The monoisotopic (exact) mass is 362 g/mol. The quantitative estimate of drug-likeness (QED) is 0.871. The van der Waals surface area contributed by atoms with Gasteiger partial charge in [0.2, 0.25) is 5.91 Å². The lowest BCUT2D eigenvalue weighted by atomic mass is 9.69. The second-order valence-corrected chi connectivity index (χ2v) is 7.06. The number of amides is 1. The van der Waals surface area contributed by atoms with E-state index in [0.717, 1.165) is 5.56 Å². The maximum Gasteiger partial charge on any atom is 0.335 e. The van der Waals surface area contributed by atoms with Crippen molar-refractivity contribution in [3.63, 3.8) is 0 Å². The van der Waals surface area contributed by atoms with Gasteiger partial charge in [-0.05, 0) is 73.7 Å². The molecular weight excluding hydrogens is 344 g/mol. The summed E-state index contributed by atoms with van der Waals surface area (Å²) in [4.78, 5) is 24.0. The minimum Gasteiger partial charge on any atom is -0.490 e. The minimum atomic E-state index is -0.995. The third-order valence-electron chi connectivity index (χ3n) is 5.54. The van der Waals surface area contributed by atoms with E-state index in [-0.39, 0.29) is 17.6 Å². The summed E-state index contributed by atoms with van der Waals surface area (Å²) in [6.45, 7) is 0. The van der Waals surface area contributed by atoms with Crippen molar-refractivity contribution in [1.82, 2.24) is 0 Å². The molecule has 1 heterocycles. The highest BCUT2D eigenvalue weighted by Gasteiger charge is 2.49. The Hall–Kier alpha value is -3.33. The topological polar surface area (TPSA) is 99.4 Å².